The minimum atomic E-state index is -3.58. The molecule has 0 unspecified atom stereocenters. The van der Waals surface area contributed by atoms with E-state index in [0.29, 0.717) is 27.7 Å². The molecular formula is C21H21N3O5S2. The molecule has 1 saturated carbocycles. The summed E-state index contributed by atoms with van der Waals surface area (Å²) in [5.41, 5.74) is 1.07. The number of anilines is 1. The highest BCUT2D eigenvalue weighted by molar-refractivity contribution is 7.89. The third kappa shape index (κ3) is 3.75. The lowest BCUT2D eigenvalue weighted by atomic mass is 10.2. The number of carbonyl (C=O) groups excluding carboxylic acids is 1. The molecule has 2 aliphatic rings. The zero-order chi connectivity index (χ0) is 21.6. The van der Waals surface area contributed by atoms with Gasteiger partial charge in [0.05, 0.1) is 15.1 Å². The fraction of sp³-hybridized carbons (Fsp3) is 0.333. The van der Waals surface area contributed by atoms with Crippen molar-refractivity contribution in [3.8, 4) is 11.5 Å². The molecule has 1 aliphatic carbocycles. The number of benzene rings is 2. The highest BCUT2D eigenvalue weighted by Crippen LogP contribution is 2.39. The molecule has 1 aromatic heterocycles. The van der Waals surface area contributed by atoms with Gasteiger partial charge in [-0.15, -0.1) is 0 Å². The molecule has 0 spiro atoms. The average Bonchev–Trinajstić information content (AvgIpc) is 3.51. The zero-order valence-electron chi connectivity index (χ0n) is 16.8. The maximum absolute atomic E-state index is 12.9. The van der Waals surface area contributed by atoms with Crippen LogP contribution in [0.25, 0.3) is 10.2 Å². The van der Waals surface area contributed by atoms with E-state index in [0.717, 1.165) is 30.4 Å². The SMILES string of the molecule is CN(C1CCCC1)S(=O)(=O)c1ccc(C(=O)Nc2nc3cc4c(cc3s2)OCO4)cc1. The van der Waals surface area contributed by atoms with Gasteiger partial charge in [-0.05, 0) is 37.1 Å². The van der Waals surface area contributed by atoms with E-state index in [9.17, 15) is 13.2 Å². The molecule has 162 valence electrons. The minimum Gasteiger partial charge on any atom is -0.454 e. The van der Waals surface area contributed by atoms with Gasteiger partial charge in [0.15, 0.2) is 16.6 Å². The number of hydrogen-bond donors (Lipinski definition) is 1. The third-order valence-corrected chi connectivity index (χ3v) is 8.59. The van der Waals surface area contributed by atoms with Crippen LogP contribution in [-0.4, -0.2) is 43.5 Å². The highest BCUT2D eigenvalue weighted by atomic mass is 32.2. The Balaban J connectivity index is 1.31. The van der Waals surface area contributed by atoms with Crippen LogP contribution in [0.5, 0.6) is 11.5 Å². The van der Waals surface area contributed by atoms with Crippen LogP contribution in [0.4, 0.5) is 5.13 Å². The summed E-state index contributed by atoms with van der Waals surface area (Å²) in [6.07, 6.45) is 3.88. The van der Waals surface area contributed by atoms with Crippen molar-refractivity contribution in [2.75, 3.05) is 19.2 Å². The molecule has 1 aliphatic heterocycles. The van der Waals surface area contributed by atoms with E-state index in [4.69, 9.17) is 9.47 Å². The number of fused-ring (bicyclic) bond motifs is 2. The van der Waals surface area contributed by atoms with Gasteiger partial charge >= 0.3 is 0 Å². The molecule has 0 atom stereocenters. The van der Waals surface area contributed by atoms with E-state index in [1.807, 2.05) is 6.07 Å². The van der Waals surface area contributed by atoms with E-state index in [-0.39, 0.29) is 23.6 Å². The number of ether oxygens (including phenoxy) is 2. The monoisotopic (exact) mass is 459 g/mol. The topological polar surface area (TPSA) is 97.8 Å². The minimum absolute atomic E-state index is 0.0455. The van der Waals surface area contributed by atoms with Crippen molar-refractivity contribution in [1.29, 1.82) is 0 Å². The largest absolute Gasteiger partial charge is 0.454 e. The van der Waals surface area contributed by atoms with Crippen LogP contribution in [0.1, 0.15) is 36.0 Å². The van der Waals surface area contributed by atoms with Crippen molar-refractivity contribution >= 4 is 42.6 Å². The van der Waals surface area contributed by atoms with Gasteiger partial charge in [0.25, 0.3) is 5.91 Å². The summed E-state index contributed by atoms with van der Waals surface area (Å²) in [5, 5.41) is 3.22. The maximum Gasteiger partial charge on any atom is 0.257 e. The Morgan fingerprint density at radius 2 is 1.81 bits per heavy atom. The number of nitrogens with zero attached hydrogens (tertiary/aromatic N) is 2. The molecule has 1 amide bonds. The Morgan fingerprint density at radius 3 is 2.52 bits per heavy atom. The number of sulfonamides is 1. The van der Waals surface area contributed by atoms with Gasteiger partial charge in [0.1, 0.15) is 0 Å². The highest BCUT2D eigenvalue weighted by Gasteiger charge is 2.30. The number of hydrogen-bond acceptors (Lipinski definition) is 7. The summed E-state index contributed by atoms with van der Waals surface area (Å²) in [4.78, 5) is 17.3. The second kappa shape index (κ2) is 7.77. The molecule has 31 heavy (non-hydrogen) atoms. The zero-order valence-corrected chi connectivity index (χ0v) is 18.5. The first-order valence-electron chi connectivity index (χ1n) is 10.0. The summed E-state index contributed by atoms with van der Waals surface area (Å²) in [5.74, 6) is 0.940. The van der Waals surface area contributed by atoms with Gasteiger partial charge in [-0.1, -0.05) is 24.2 Å². The smallest absolute Gasteiger partial charge is 0.257 e. The first kappa shape index (κ1) is 20.2. The van der Waals surface area contributed by atoms with Crippen LogP contribution < -0.4 is 14.8 Å². The quantitative estimate of drug-likeness (QED) is 0.623. The van der Waals surface area contributed by atoms with E-state index < -0.39 is 10.0 Å². The molecule has 5 rings (SSSR count). The lowest BCUT2D eigenvalue weighted by Crippen LogP contribution is -2.35. The fourth-order valence-electron chi connectivity index (χ4n) is 3.95. The predicted octanol–water partition coefficient (Wildman–Crippen LogP) is 3.84. The number of rotatable bonds is 5. The van der Waals surface area contributed by atoms with Gasteiger partial charge < -0.3 is 9.47 Å². The number of carbonyl (C=O) groups is 1. The van der Waals surface area contributed by atoms with Gasteiger partial charge in [0.2, 0.25) is 16.8 Å². The van der Waals surface area contributed by atoms with Crippen LogP contribution in [0.15, 0.2) is 41.3 Å². The predicted molar refractivity (Wildman–Crippen MR) is 117 cm³/mol. The Morgan fingerprint density at radius 1 is 1.13 bits per heavy atom. The van der Waals surface area contributed by atoms with Crippen LogP contribution in [-0.2, 0) is 10.0 Å². The van der Waals surface area contributed by atoms with Crippen LogP contribution in [0, 0.1) is 0 Å². The van der Waals surface area contributed by atoms with Gasteiger partial charge in [0, 0.05) is 30.8 Å². The standard InChI is InChI=1S/C21H21N3O5S2/c1-24(14-4-2-3-5-14)31(26,27)15-8-6-13(7-9-15)20(25)23-21-22-16-10-17-18(29-12-28-17)11-19(16)30-21/h6-11,14H,2-5,12H2,1H3,(H,22,23,25). The summed E-state index contributed by atoms with van der Waals surface area (Å²) in [6.45, 7) is 0.193. The van der Waals surface area contributed by atoms with Crippen LogP contribution in [0.2, 0.25) is 0 Å². The second-order valence-corrected chi connectivity index (χ2v) is 10.7. The molecule has 0 radical (unpaired) electrons. The lowest BCUT2D eigenvalue weighted by Gasteiger charge is -2.23. The summed E-state index contributed by atoms with van der Waals surface area (Å²) in [6, 6.07) is 9.67. The number of aromatic nitrogens is 1. The fourth-order valence-corrected chi connectivity index (χ4v) is 6.24. The van der Waals surface area contributed by atoms with E-state index in [1.54, 1.807) is 13.1 Å². The second-order valence-electron chi connectivity index (χ2n) is 7.63. The van der Waals surface area contributed by atoms with Crippen molar-refractivity contribution < 1.29 is 22.7 Å². The van der Waals surface area contributed by atoms with E-state index in [1.165, 1.54) is 39.9 Å². The summed E-state index contributed by atoms with van der Waals surface area (Å²) in [7, 11) is -1.95. The lowest BCUT2D eigenvalue weighted by molar-refractivity contribution is 0.102. The van der Waals surface area contributed by atoms with Crippen molar-refractivity contribution in [1.82, 2.24) is 9.29 Å². The molecule has 0 saturated heterocycles. The van der Waals surface area contributed by atoms with Gasteiger partial charge in [-0.25, -0.2) is 13.4 Å². The molecule has 3 aromatic rings. The first-order valence-corrected chi connectivity index (χ1v) is 12.3. The van der Waals surface area contributed by atoms with Crippen LogP contribution >= 0.6 is 11.3 Å². The summed E-state index contributed by atoms with van der Waals surface area (Å²) < 4.78 is 38.8. The molecule has 8 nitrogen and oxygen atoms in total. The maximum atomic E-state index is 12.9. The molecule has 1 N–H and O–H groups in total. The molecule has 2 heterocycles. The molecular weight excluding hydrogens is 438 g/mol. The van der Waals surface area contributed by atoms with Gasteiger partial charge in [-0.3, -0.25) is 10.1 Å². The van der Waals surface area contributed by atoms with Crippen molar-refractivity contribution in [2.45, 2.75) is 36.6 Å². The third-order valence-electron chi connectivity index (χ3n) is 5.74. The van der Waals surface area contributed by atoms with E-state index in [2.05, 4.69) is 10.3 Å². The molecule has 10 heteroatoms. The van der Waals surface area contributed by atoms with Crippen LogP contribution in [0.3, 0.4) is 0 Å². The first-order chi connectivity index (χ1) is 14.9. The average molecular weight is 460 g/mol. The Hall–Kier alpha value is -2.69. The molecule has 2 aromatic carbocycles. The van der Waals surface area contributed by atoms with Gasteiger partial charge in [-0.2, -0.15) is 4.31 Å². The van der Waals surface area contributed by atoms with Crippen molar-refractivity contribution in [2.24, 2.45) is 0 Å². The van der Waals surface area contributed by atoms with Crippen molar-refractivity contribution in [3.63, 3.8) is 0 Å². The number of nitrogens with one attached hydrogen (secondary N) is 1. The van der Waals surface area contributed by atoms with E-state index >= 15 is 0 Å². The Kier molecular flexibility index (Phi) is 5.07. The molecule has 1 fully saturated rings. The number of thiazole rings is 1. The summed E-state index contributed by atoms with van der Waals surface area (Å²) >= 11 is 1.33. The Bertz CT molecular complexity index is 1210. The number of amides is 1. The Labute approximate surface area is 183 Å². The normalized spacial score (nSPS) is 16.3. The molecule has 0 bridgehead atoms. The van der Waals surface area contributed by atoms with Crippen molar-refractivity contribution in [3.05, 3.63) is 42.0 Å².